The van der Waals surface area contributed by atoms with E-state index in [2.05, 4.69) is 32.1 Å². The van der Waals surface area contributed by atoms with Gasteiger partial charge in [-0.15, -0.1) is 0 Å². The first-order valence-electron chi connectivity index (χ1n) is 13.1. The summed E-state index contributed by atoms with van der Waals surface area (Å²) < 4.78 is 34.0. The van der Waals surface area contributed by atoms with E-state index < -0.39 is 16.0 Å². The highest BCUT2D eigenvalue weighted by Crippen LogP contribution is 2.47. The zero-order chi connectivity index (χ0) is 29.6. The van der Waals surface area contributed by atoms with Crippen molar-refractivity contribution >= 4 is 67.9 Å². The zero-order valence-electron chi connectivity index (χ0n) is 22.7. The molecule has 13 heteroatoms. The minimum absolute atomic E-state index is 0.104. The van der Waals surface area contributed by atoms with E-state index in [4.69, 9.17) is 27.9 Å². The van der Waals surface area contributed by atoms with Crippen LogP contribution in [0, 0.1) is 0 Å². The van der Waals surface area contributed by atoms with Gasteiger partial charge in [-0.1, -0.05) is 23.2 Å². The number of fused-ring (bicyclic) bond motifs is 3. The molecule has 1 fully saturated rings. The maximum absolute atomic E-state index is 14.0. The molecule has 3 heterocycles. The van der Waals surface area contributed by atoms with Crippen LogP contribution in [-0.4, -0.2) is 69.6 Å². The molecule has 2 aliphatic heterocycles. The van der Waals surface area contributed by atoms with Crippen LogP contribution in [0.1, 0.15) is 10.4 Å². The van der Waals surface area contributed by atoms with Crippen molar-refractivity contribution in [2.75, 3.05) is 54.9 Å². The number of hydrogen-bond acceptors (Lipinski definition) is 9. The van der Waals surface area contributed by atoms with Gasteiger partial charge in [0.25, 0.3) is 10.0 Å². The zero-order valence-corrected chi connectivity index (χ0v) is 25.0. The number of likely N-dealkylation sites (N-methyl/N-ethyl adjacent to an activating group) is 1. The molecule has 0 unspecified atom stereocenters. The highest BCUT2D eigenvalue weighted by atomic mass is 35.5. The first-order valence-corrected chi connectivity index (χ1v) is 15.3. The molecular formula is C29H26Cl2N6O4S. The third-order valence-corrected chi connectivity index (χ3v) is 9.42. The van der Waals surface area contributed by atoms with E-state index in [-0.39, 0.29) is 43.5 Å². The van der Waals surface area contributed by atoms with Crippen LogP contribution in [-0.2, 0) is 14.8 Å². The van der Waals surface area contributed by atoms with Crippen molar-refractivity contribution in [2.45, 2.75) is 4.90 Å². The topological polar surface area (TPSA) is 108 Å². The summed E-state index contributed by atoms with van der Waals surface area (Å²) in [5, 5.41) is 3.68. The van der Waals surface area contributed by atoms with Gasteiger partial charge in [-0.3, -0.25) is 0 Å². The first-order chi connectivity index (χ1) is 20.1. The predicted molar refractivity (Wildman–Crippen MR) is 164 cm³/mol. The van der Waals surface area contributed by atoms with Crippen molar-refractivity contribution in [1.82, 2.24) is 14.9 Å². The molecule has 1 saturated heterocycles. The molecule has 4 aromatic rings. The molecule has 10 nitrogen and oxygen atoms in total. The van der Waals surface area contributed by atoms with E-state index >= 15 is 0 Å². The molecule has 1 aromatic heterocycles. The summed E-state index contributed by atoms with van der Waals surface area (Å²) in [5.41, 5.74) is 3.11. The van der Waals surface area contributed by atoms with Gasteiger partial charge in [-0.2, -0.15) is 0 Å². The Balaban J connectivity index is 1.39. The SMILES string of the molecule is COC(=O)c1ccc2c(c1)N(c1cc(Cl)cc(Cl)c1)S(=O)(=O)c1cnc(Nc3ccc(N4CCN(C)CC4)cc3)nc1-2. The number of benzene rings is 3. The maximum Gasteiger partial charge on any atom is 0.337 e. The van der Waals surface area contributed by atoms with Crippen LogP contribution in [0.15, 0.2) is 71.8 Å². The summed E-state index contributed by atoms with van der Waals surface area (Å²) in [5.74, 6) is -0.395. The molecule has 1 N–H and O–H groups in total. The van der Waals surface area contributed by atoms with Crippen molar-refractivity contribution in [1.29, 1.82) is 0 Å². The Morgan fingerprint density at radius 2 is 1.62 bits per heavy atom. The molecule has 0 atom stereocenters. The van der Waals surface area contributed by atoms with Crippen molar-refractivity contribution in [2.24, 2.45) is 0 Å². The average molecular weight is 626 g/mol. The van der Waals surface area contributed by atoms with Gasteiger partial charge < -0.3 is 19.9 Å². The highest BCUT2D eigenvalue weighted by molar-refractivity contribution is 7.93. The lowest BCUT2D eigenvalue weighted by molar-refractivity contribution is 0.0600. The fourth-order valence-corrected chi connectivity index (χ4v) is 7.16. The van der Waals surface area contributed by atoms with E-state index in [0.29, 0.717) is 5.56 Å². The Bertz CT molecular complexity index is 1770. The number of hydrogen-bond donors (Lipinski definition) is 1. The highest BCUT2D eigenvalue weighted by Gasteiger charge is 2.38. The van der Waals surface area contributed by atoms with Crippen LogP contribution in [0.3, 0.4) is 0 Å². The number of ether oxygens (including phenoxy) is 1. The van der Waals surface area contributed by atoms with E-state index in [0.717, 1.165) is 41.9 Å². The van der Waals surface area contributed by atoms with E-state index in [9.17, 15) is 13.2 Å². The van der Waals surface area contributed by atoms with Crippen molar-refractivity contribution in [3.05, 3.63) is 82.5 Å². The number of carbonyl (C=O) groups is 1. The van der Waals surface area contributed by atoms with Crippen LogP contribution >= 0.6 is 23.2 Å². The lowest BCUT2D eigenvalue weighted by atomic mass is 10.0. The second-order valence-corrected chi connectivity index (χ2v) is 12.6. The summed E-state index contributed by atoms with van der Waals surface area (Å²) in [6, 6.07) is 17.0. The fraction of sp³-hybridized carbons (Fsp3) is 0.207. The van der Waals surface area contributed by atoms with Gasteiger partial charge in [-0.25, -0.2) is 27.5 Å². The molecule has 0 aliphatic carbocycles. The van der Waals surface area contributed by atoms with Crippen LogP contribution in [0.25, 0.3) is 11.3 Å². The minimum Gasteiger partial charge on any atom is -0.465 e. The molecule has 0 saturated carbocycles. The molecule has 0 amide bonds. The number of sulfonamides is 1. The van der Waals surface area contributed by atoms with Gasteiger partial charge in [0, 0.05) is 53.2 Å². The lowest BCUT2D eigenvalue weighted by Gasteiger charge is -2.34. The standard InChI is InChI=1S/C29H26Cl2N6O4S/c1-35-9-11-36(12-10-35)22-6-4-21(5-7-22)33-29-32-17-26-27(34-29)24-8-3-18(28(38)41-2)13-25(24)37(42(26,39)40)23-15-19(30)14-20(31)16-23/h3-8,13-17H,9-12H2,1-2H3,(H,32,33,34). The first kappa shape index (κ1) is 28.2. The van der Waals surface area contributed by atoms with Gasteiger partial charge in [0.05, 0.1) is 35.9 Å². The van der Waals surface area contributed by atoms with Crippen molar-refractivity contribution in [3.63, 3.8) is 0 Å². The van der Waals surface area contributed by atoms with Crippen molar-refractivity contribution < 1.29 is 17.9 Å². The second-order valence-electron chi connectivity index (χ2n) is 9.99. The van der Waals surface area contributed by atoms with Gasteiger partial charge >= 0.3 is 5.97 Å². The molecule has 42 heavy (non-hydrogen) atoms. The largest absolute Gasteiger partial charge is 0.465 e. The number of esters is 1. The molecule has 6 rings (SSSR count). The number of nitrogens with zero attached hydrogens (tertiary/aromatic N) is 5. The Morgan fingerprint density at radius 1 is 0.929 bits per heavy atom. The van der Waals surface area contributed by atoms with Gasteiger partial charge in [0.15, 0.2) is 0 Å². The summed E-state index contributed by atoms with van der Waals surface area (Å²) in [7, 11) is -0.866. The number of aromatic nitrogens is 2. The molecule has 0 radical (unpaired) electrons. The lowest BCUT2D eigenvalue weighted by Crippen LogP contribution is -2.44. The number of nitrogens with one attached hydrogen (secondary N) is 1. The van der Waals surface area contributed by atoms with Crippen LogP contribution in [0.5, 0.6) is 0 Å². The number of carbonyl (C=O) groups excluding carboxylic acids is 1. The van der Waals surface area contributed by atoms with Gasteiger partial charge in [-0.05, 0) is 67.7 Å². The number of anilines is 5. The van der Waals surface area contributed by atoms with Gasteiger partial charge in [0.1, 0.15) is 4.90 Å². The van der Waals surface area contributed by atoms with E-state index in [1.54, 1.807) is 12.1 Å². The Morgan fingerprint density at radius 3 is 2.29 bits per heavy atom. The smallest absolute Gasteiger partial charge is 0.337 e. The second kappa shape index (κ2) is 11.1. The molecule has 216 valence electrons. The van der Waals surface area contributed by atoms with E-state index in [1.165, 1.54) is 37.6 Å². The van der Waals surface area contributed by atoms with Gasteiger partial charge in [0.2, 0.25) is 5.95 Å². The molecule has 0 bridgehead atoms. The summed E-state index contributed by atoms with van der Waals surface area (Å²) in [4.78, 5) is 25.9. The normalized spacial score (nSPS) is 16.0. The third-order valence-electron chi connectivity index (χ3n) is 7.24. The fourth-order valence-electron chi connectivity index (χ4n) is 5.07. The van der Waals surface area contributed by atoms with Crippen LogP contribution < -0.4 is 14.5 Å². The molecule has 3 aromatic carbocycles. The third kappa shape index (κ3) is 5.24. The quantitative estimate of drug-likeness (QED) is 0.285. The summed E-state index contributed by atoms with van der Waals surface area (Å²) in [6.07, 6.45) is 1.27. The Hall–Kier alpha value is -3.90. The van der Waals surface area contributed by atoms with Crippen LogP contribution in [0.4, 0.5) is 28.7 Å². The van der Waals surface area contributed by atoms with Crippen molar-refractivity contribution in [3.8, 4) is 11.3 Å². The Kier molecular flexibility index (Phi) is 7.44. The Labute approximate surface area is 253 Å². The minimum atomic E-state index is -4.24. The summed E-state index contributed by atoms with van der Waals surface area (Å²) >= 11 is 12.5. The maximum atomic E-state index is 14.0. The predicted octanol–water partition coefficient (Wildman–Crippen LogP) is 5.57. The monoisotopic (exact) mass is 624 g/mol. The van der Waals surface area contributed by atoms with E-state index in [1.807, 2.05) is 24.3 Å². The average Bonchev–Trinajstić information content (AvgIpc) is 2.96. The number of rotatable bonds is 5. The molecule has 0 spiro atoms. The summed E-state index contributed by atoms with van der Waals surface area (Å²) in [6.45, 7) is 3.94. The van der Waals surface area contributed by atoms with Crippen LogP contribution in [0.2, 0.25) is 10.0 Å². The number of piperazine rings is 1. The molecule has 2 aliphatic rings. The molecular weight excluding hydrogens is 599 g/mol. The number of methoxy groups -OCH3 is 1. The number of halogens is 2.